The first-order valence-corrected chi connectivity index (χ1v) is 8.86. The van der Waals surface area contributed by atoms with Crippen molar-refractivity contribution in [2.24, 2.45) is 11.7 Å². The minimum Gasteiger partial charge on any atom is -0.465 e. The van der Waals surface area contributed by atoms with Crippen LogP contribution in [0.15, 0.2) is 0 Å². The van der Waals surface area contributed by atoms with Gasteiger partial charge in [0.15, 0.2) is 5.75 Å². The topological polar surface area (TPSA) is 98.5 Å². The minimum absolute atomic E-state index is 0.109. The van der Waals surface area contributed by atoms with E-state index in [1.807, 2.05) is 0 Å². The zero-order chi connectivity index (χ0) is 15.2. The second kappa shape index (κ2) is 7.90. The number of hydrogen-bond acceptors (Lipinski definition) is 5. The monoisotopic (exact) mass is 322 g/mol. The van der Waals surface area contributed by atoms with Gasteiger partial charge in [-0.15, -0.1) is 0 Å². The molecule has 0 bridgehead atoms. The zero-order valence-corrected chi connectivity index (χ0v) is 13.3. The summed E-state index contributed by atoms with van der Waals surface area (Å²) in [4.78, 5) is 11.4. The van der Waals surface area contributed by atoms with Crippen LogP contribution in [0.2, 0.25) is 0 Å². The van der Waals surface area contributed by atoms with Gasteiger partial charge in [-0.3, -0.25) is 4.79 Å². The van der Waals surface area contributed by atoms with Crippen LogP contribution >= 0.6 is 12.2 Å². The molecule has 1 fully saturated rings. The summed E-state index contributed by atoms with van der Waals surface area (Å²) in [5.41, 5.74) is 5.65. The van der Waals surface area contributed by atoms with Crippen LogP contribution in [-0.4, -0.2) is 37.8 Å². The molecule has 20 heavy (non-hydrogen) atoms. The molecule has 0 radical (unpaired) electrons. The largest absolute Gasteiger partial charge is 0.465 e. The molecule has 0 aromatic rings. The van der Waals surface area contributed by atoms with Crippen molar-refractivity contribution in [3.05, 3.63) is 0 Å². The average molecular weight is 322 g/mol. The maximum absolute atomic E-state index is 11.9. The molecule has 1 atom stereocenters. The van der Waals surface area contributed by atoms with Gasteiger partial charge in [0.25, 0.3) is 0 Å². The number of esters is 1. The lowest BCUT2D eigenvalue weighted by molar-refractivity contribution is -0.139. The molecule has 1 rings (SSSR count). The Kier molecular flexibility index (Phi) is 6.84. The summed E-state index contributed by atoms with van der Waals surface area (Å²) >= 11 is 4.97. The SMILES string of the molecule is CCOC(=O)CS(=O)(=O)NC(C(N)=S)C1CCCCC1. The summed E-state index contributed by atoms with van der Waals surface area (Å²) in [6.07, 6.45) is 5.02. The molecule has 1 aliphatic carbocycles. The van der Waals surface area contributed by atoms with Crippen LogP contribution in [0, 0.1) is 5.92 Å². The molecule has 1 unspecified atom stereocenters. The van der Waals surface area contributed by atoms with Crippen LogP contribution in [0.1, 0.15) is 39.0 Å². The second-order valence-electron chi connectivity index (χ2n) is 4.96. The Morgan fingerprint density at radius 1 is 1.40 bits per heavy atom. The first-order chi connectivity index (χ1) is 9.35. The molecule has 0 spiro atoms. The van der Waals surface area contributed by atoms with E-state index in [0.29, 0.717) is 0 Å². The van der Waals surface area contributed by atoms with E-state index >= 15 is 0 Å². The molecule has 0 aliphatic heterocycles. The lowest BCUT2D eigenvalue weighted by Crippen LogP contribution is -2.50. The number of rotatable bonds is 7. The third kappa shape index (κ3) is 5.72. The van der Waals surface area contributed by atoms with Crippen LogP contribution in [-0.2, 0) is 19.6 Å². The van der Waals surface area contributed by atoms with Gasteiger partial charge < -0.3 is 10.5 Å². The van der Waals surface area contributed by atoms with Gasteiger partial charge in [0.05, 0.1) is 17.6 Å². The van der Waals surface area contributed by atoms with Gasteiger partial charge in [-0.25, -0.2) is 13.1 Å². The first kappa shape index (κ1) is 17.3. The van der Waals surface area contributed by atoms with Crippen LogP contribution in [0.5, 0.6) is 0 Å². The van der Waals surface area contributed by atoms with Crippen LogP contribution in [0.3, 0.4) is 0 Å². The maximum atomic E-state index is 11.9. The fourth-order valence-electron chi connectivity index (χ4n) is 2.45. The van der Waals surface area contributed by atoms with Gasteiger partial charge >= 0.3 is 5.97 Å². The molecule has 0 saturated heterocycles. The predicted molar refractivity (Wildman–Crippen MR) is 80.7 cm³/mol. The molecule has 6 nitrogen and oxygen atoms in total. The van der Waals surface area contributed by atoms with E-state index in [1.54, 1.807) is 6.92 Å². The average Bonchev–Trinajstić information content (AvgIpc) is 2.36. The van der Waals surface area contributed by atoms with Crippen LogP contribution in [0.4, 0.5) is 0 Å². The molecule has 0 aromatic carbocycles. The summed E-state index contributed by atoms with van der Waals surface area (Å²) in [6, 6.07) is -0.579. The molecular formula is C12H22N2O4S2. The Morgan fingerprint density at radius 2 is 2.00 bits per heavy atom. The number of sulfonamides is 1. The fraction of sp³-hybridized carbons (Fsp3) is 0.833. The van der Waals surface area contributed by atoms with Gasteiger partial charge in [0, 0.05) is 0 Å². The quantitative estimate of drug-likeness (QED) is 0.529. The Labute approximate surface area is 125 Å². The second-order valence-corrected chi connectivity index (χ2v) is 7.19. The Hall–Kier alpha value is -0.730. The number of nitrogens with two attached hydrogens (primary N) is 1. The highest BCUT2D eigenvalue weighted by molar-refractivity contribution is 7.90. The summed E-state index contributed by atoms with van der Waals surface area (Å²) in [6.45, 7) is 1.77. The van der Waals surface area contributed by atoms with E-state index in [2.05, 4.69) is 9.46 Å². The Morgan fingerprint density at radius 3 is 2.50 bits per heavy atom. The lowest BCUT2D eigenvalue weighted by Gasteiger charge is -2.29. The summed E-state index contributed by atoms with van der Waals surface area (Å²) in [5, 5.41) is 0. The number of nitrogens with one attached hydrogen (secondary N) is 1. The van der Waals surface area contributed by atoms with Crippen molar-refractivity contribution < 1.29 is 17.9 Å². The minimum atomic E-state index is -3.79. The number of carbonyl (C=O) groups is 1. The standard InChI is InChI=1S/C12H22N2O4S2/c1-2-18-10(15)8-20(16,17)14-11(12(13)19)9-6-4-3-5-7-9/h9,11,14H,2-8H2,1H3,(H2,13,19). The van der Waals surface area contributed by atoms with E-state index in [-0.39, 0.29) is 17.5 Å². The molecule has 0 heterocycles. The van der Waals surface area contributed by atoms with Gasteiger partial charge in [0.1, 0.15) is 0 Å². The Balaban J connectivity index is 2.68. The van der Waals surface area contributed by atoms with Gasteiger partial charge in [0.2, 0.25) is 10.0 Å². The first-order valence-electron chi connectivity index (χ1n) is 6.80. The van der Waals surface area contributed by atoms with Crippen LogP contribution < -0.4 is 10.5 Å². The molecular weight excluding hydrogens is 300 g/mol. The van der Waals surface area contributed by atoms with E-state index in [9.17, 15) is 13.2 Å². The molecule has 1 saturated carbocycles. The molecule has 3 N–H and O–H groups in total. The number of ether oxygens (including phenoxy) is 1. The maximum Gasteiger partial charge on any atom is 0.322 e. The van der Waals surface area contributed by atoms with Crippen molar-refractivity contribution in [2.75, 3.05) is 12.4 Å². The molecule has 0 aromatic heterocycles. The van der Waals surface area contributed by atoms with Crippen molar-refractivity contribution in [3.63, 3.8) is 0 Å². The summed E-state index contributed by atoms with van der Waals surface area (Å²) < 4.78 is 31.0. The van der Waals surface area contributed by atoms with Gasteiger partial charge in [-0.05, 0) is 25.7 Å². The van der Waals surface area contributed by atoms with Crippen molar-refractivity contribution in [2.45, 2.75) is 45.1 Å². The smallest absolute Gasteiger partial charge is 0.322 e. The van der Waals surface area contributed by atoms with E-state index in [4.69, 9.17) is 18.0 Å². The Bertz CT molecular complexity index is 444. The summed E-state index contributed by atoms with van der Waals surface area (Å²) in [7, 11) is -3.79. The zero-order valence-electron chi connectivity index (χ0n) is 11.6. The van der Waals surface area contributed by atoms with E-state index < -0.39 is 27.8 Å². The summed E-state index contributed by atoms with van der Waals surface area (Å²) in [5.74, 6) is -1.37. The van der Waals surface area contributed by atoms with Crippen molar-refractivity contribution in [1.82, 2.24) is 4.72 Å². The highest BCUT2D eigenvalue weighted by atomic mass is 32.2. The normalized spacial score (nSPS) is 18.4. The van der Waals surface area contributed by atoms with E-state index in [1.165, 1.54) is 0 Å². The lowest BCUT2D eigenvalue weighted by atomic mass is 9.84. The van der Waals surface area contributed by atoms with Crippen LogP contribution in [0.25, 0.3) is 0 Å². The van der Waals surface area contributed by atoms with Crippen molar-refractivity contribution in [1.29, 1.82) is 0 Å². The number of hydrogen-bond donors (Lipinski definition) is 2. The third-order valence-electron chi connectivity index (χ3n) is 3.35. The highest BCUT2D eigenvalue weighted by Crippen LogP contribution is 2.27. The molecule has 0 amide bonds. The number of carbonyl (C=O) groups excluding carboxylic acids is 1. The van der Waals surface area contributed by atoms with E-state index in [0.717, 1.165) is 32.1 Å². The fourth-order valence-corrected chi connectivity index (χ4v) is 3.96. The third-order valence-corrected chi connectivity index (χ3v) is 4.83. The van der Waals surface area contributed by atoms with Crippen molar-refractivity contribution >= 4 is 33.2 Å². The molecule has 116 valence electrons. The van der Waals surface area contributed by atoms with Gasteiger partial charge in [-0.1, -0.05) is 31.5 Å². The molecule has 1 aliphatic rings. The van der Waals surface area contributed by atoms with Gasteiger partial charge in [-0.2, -0.15) is 0 Å². The predicted octanol–water partition coefficient (Wildman–Crippen LogP) is 0.704. The number of thiocarbonyl (C=S) groups is 1. The van der Waals surface area contributed by atoms with Crippen molar-refractivity contribution in [3.8, 4) is 0 Å². The highest BCUT2D eigenvalue weighted by Gasteiger charge is 2.30. The molecule has 8 heteroatoms.